The number of ether oxygens (including phenoxy) is 1. The predicted molar refractivity (Wildman–Crippen MR) is 98.1 cm³/mol. The van der Waals surface area contributed by atoms with E-state index in [4.69, 9.17) is 15.1 Å². The minimum absolute atomic E-state index is 0.0951. The Morgan fingerprint density at radius 2 is 1.74 bits per heavy atom. The van der Waals surface area contributed by atoms with Crippen molar-refractivity contribution in [2.45, 2.75) is 43.4 Å². The molecule has 0 aromatic heterocycles. The van der Waals surface area contributed by atoms with Crippen molar-refractivity contribution in [2.75, 3.05) is 6.61 Å². The van der Waals surface area contributed by atoms with E-state index in [1.54, 1.807) is 24.3 Å². The van der Waals surface area contributed by atoms with Gasteiger partial charge in [0.1, 0.15) is 18.4 Å². The molecule has 2 N–H and O–H groups in total. The third-order valence-corrected chi connectivity index (χ3v) is 5.16. The van der Waals surface area contributed by atoms with Crippen LogP contribution in [0, 0.1) is 11.3 Å². The number of nitrogens with one attached hydrogen (secondary N) is 1. The molecule has 0 amide bonds. The van der Waals surface area contributed by atoms with Crippen LogP contribution in [0.5, 0.6) is 5.75 Å². The highest BCUT2D eigenvalue weighted by Gasteiger charge is 2.51. The smallest absolute Gasteiger partial charge is 0.417 e. The third-order valence-electron chi connectivity index (χ3n) is 5.16. The molecule has 3 rings (SSSR count). The van der Waals surface area contributed by atoms with Gasteiger partial charge in [-0.2, -0.15) is 31.6 Å². The van der Waals surface area contributed by atoms with E-state index < -0.39 is 41.5 Å². The number of halogens is 6. The van der Waals surface area contributed by atoms with Crippen LogP contribution in [0.3, 0.4) is 0 Å². The van der Waals surface area contributed by atoms with Crippen LogP contribution < -0.4 is 10.1 Å². The summed E-state index contributed by atoms with van der Waals surface area (Å²) in [4.78, 5) is 0. The SMILES string of the molecule is N#Cc1ccc(C2C[C@@H](COc3ccc(CO)cc3)N[C@H]2C(F)(F)F)cc1C(F)(F)F. The van der Waals surface area contributed by atoms with E-state index in [1.807, 2.05) is 0 Å². The summed E-state index contributed by atoms with van der Waals surface area (Å²) in [5.41, 5.74) is -1.39. The van der Waals surface area contributed by atoms with Crippen molar-refractivity contribution in [3.8, 4) is 11.8 Å². The van der Waals surface area contributed by atoms with E-state index in [0.29, 0.717) is 17.4 Å². The molecular formula is C21H18F6N2O2. The Bertz CT molecular complexity index is 950. The highest BCUT2D eigenvalue weighted by Crippen LogP contribution is 2.42. The highest BCUT2D eigenvalue weighted by atomic mass is 19.4. The molecule has 1 aliphatic rings. The van der Waals surface area contributed by atoms with Gasteiger partial charge in [0.2, 0.25) is 0 Å². The maximum absolute atomic E-state index is 13.6. The van der Waals surface area contributed by atoms with Gasteiger partial charge in [-0.25, -0.2) is 0 Å². The largest absolute Gasteiger partial charge is 0.492 e. The van der Waals surface area contributed by atoms with Crippen LogP contribution in [0.4, 0.5) is 26.3 Å². The molecule has 1 unspecified atom stereocenters. The van der Waals surface area contributed by atoms with E-state index in [1.165, 1.54) is 6.07 Å². The van der Waals surface area contributed by atoms with Crippen molar-refractivity contribution in [2.24, 2.45) is 0 Å². The van der Waals surface area contributed by atoms with E-state index in [9.17, 15) is 26.3 Å². The van der Waals surface area contributed by atoms with E-state index in [-0.39, 0.29) is 25.2 Å². The second kappa shape index (κ2) is 8.77. The molecule has 0 saturated carbocycles. The van der Waals surface area contributed by atoms with Crippen LogP contribution in [0.25, 0.3) is 0 Å². The first-order valence-corrected chi connectivity index (χ1v) is 9.29. The van der Waals surface area contributed by atoms with Crippen LogP contribution in [-0.4, -0.2) is 30.0 Å². The van der Waals surface area contributed by atoms with Gasteiger partial charge >= 0.3 is 12.4 Å². The summed E-state index contributed by atoms with van der Waals surface area (Å²) in [6, 6.07) is 7.62. The number of hydrogen-bond donors (Lipinski definition) is 2. The van der Waals surface area contributed by atoms with Crippen LogP contribution in [-0.2, 0) is 12.8 Å². The third kappa shape index (κ3) is 5.29. The van der Waals surface area contributed by atoms with Gasteiger partial charge in [0.15, 0.2) is 0 Å². The maximum atomic E-state index is 13.6. The van der Waals surface area contributed by atoms with Crippen LogP contribution in [0.1, 0.15) is 34.6 Å². The predicted octanol–water partition coefficient (Wildman–Crippen LogP) is 4.52. The van der Waals surface area contributed by atoms with Crippen LogP contribution >= 0.6 is 0 Å². The Balaban J connectivity index is 1.81. The van der Waals surface area contributed by atoms with Crippen molar-refractivity contribution in [3.05, 3.63) is 64.7 Å². The summed E-state index contributed by atoms with van der Waals surface area (Å²) >= 11 is 0. The number of benzene rings is 2. The molecule has 1 aliphatic heterocycles. The number of aliphatic hydroxyl groups excluding tert-OH is 1. The van der Waals surface area contributed by atoms with Crippen LogP contribution in [0.2, 0.25) is 0 Å². The molecule has 10 heteroatoms. The minimum Gasteiger partial charge on any atom is -0.492 e. The van der Waals surface area contributed by atoms with Gasteiger partial charge in [-0.15, -0.1) is 0 Å². The summed E-state index contributed by atoms with van der Waals surface area (Å²) in [6.45, 7) is -0.284. The monoisotopic (exact) mass is 444 g/mol. The van der Waals surface area contributed by atoms with Crippen LogP contribution in [0.15, 0.2) is 42.5 Å². The molecular weight excluding hydrogens is 426 g/mol. The Morgan fingerprint density at radius 3 is 2.29 bits per heavy atom. The summed E-state index contributed by atoms with van der Waals surface area (Å²) < 4.78 is 86.0. The lowest BCUT2D eigenvalue weighted by Gasteiger charge is -2.23. The number of aliphatic hydroxyl groups is 1. The molecule has 0 aliphatic carbocycles. The zero-order chi connectivity index (χ0) is 22.8. The van der Waals surface area contributed by atoms with Gasteiger partial charge in [0, 0.05) is 12.0 Å². The zero-order valence-corrected chi connectivity index (χ0v) is 16.0. The summed E-state index contributed by atoms with van der Waals surface area (Å²) in [5.74, 6) is -0.872. The molecule has 1 saturated heterocycles. The molecule has 0 bridgehead atoms. The first-order valence-electron chi connectivity index (χ1n) is 9.29. The molecule has 166 valence electrons. The lowest BCUT2D eigenvalue weighted by atomic mass is 9.88. The normalized spacial score (nSPS) is 21.7. The van der Waals surface area contributed by atoms with Gasteiger partial charge in [0.05, 0.1) is 23.8 Å². The Hall–Kier alpha value is -2.77. The molecule has 2 aromatic carbocycles. The van der Waals surface area contributed by atoms with E-state index in [2.05, 4.69) is 5.32 Å². The number of nitrogens with zero attached hydrogens (tertiary/aromatic N) is 1. The molecule has 0 radical (unpaired) electrons. The summed E-state index contributed by atoms with van der Waals surface area (Å²) in [7, 11) is 0. The fourth-order valence-electron chi connectivity index (χ4n) is 3.66. The van der Waals surface area contributed by atoms with Crippen molar-refractivity contribution >= 4 is 0 Å². The molecule has 1 fully saturated rings. The fourth-order valence-corrected chi connectivity index (χ4v) is 3.66. The lowest BCUT2D eigenvalue weighted by molar-refractivity contribution is -0.156. The van der Waals surface area contributed by atoms with Gasteiger partial charge in [-0.05, 0) is 41.8 Å². The molecule has 1 heterocycles. The van der Waals surface area contributed by atoms with Gasteiger partial charge in [-0.3, -0.25) is 5.32 Å². The van der Waals surface area contributed by atoms with Gasteiger partial charge < -0.3 is 9.84 Å². The average Bonchev–Trinajstić information content (AvgIpc) is 3.16. The Kier molecular flexibility index (Phi) is 6.48. The van der Waals surface area contributed by atoms with Crippen molar-refractivity contribution in [1.82, 2.24) is 5.32 Å². The standard InChI is InChI=1S/C21H18F6N2O2/c22-20(23,24)18-7-13(3-4-14(18)9-28)17-8-15(29-19(17)21(25,26)27)11-31-16-5-1-12(10-30)2-6-16/h1-7,15,17,19,29-30H,8,10-11H2/t15-,17?,19+/m0/s1. The Morgan fingerprint density at radius 1 is 1.06 bits per heavy atom. The lowest BCUT2D eigenvalue weighted by Crippen LogP contribution is -2.44. The number of alkyl halides is 6. The first-order chi connectivity index (χ1) is 14.5. The van der Waals surface area contributed by atoms with Gasteiger partial charge in [-0.1, -0.05) is 18.2 Å². The molecule has 3 atom stereocenters. The Labute approximate surface area is 174 Å². The number of rotatable bonds is 5. The quantitative estimate of drug-likeness (QED) is 0.666. The zero-order valence-electron chi connectivity index (χ0n) is 16.0. The molecule has 2 aromatic rings. The number of hydrogen-bond acceptors (Lipinski definition) is 4. The van der Waals surface area contributed by atoms with E-state index >= 15 is 0 Å². The summed E-state index contributed by atoms with van der Waals surface area (Å²) in [6.07, 6.45) is -9.64. The topological polar surface area (TPSA) is 65.3 Å². The van der Waals surface area contributed by atoms with Crippen molar-refractivity contribution in [1.29, 1.82) is 5.26 Å². The highest BCUT2D eigenvalue weighted by molar-refractivity contribution is 5.43. The average molecular weight is 444 g/mol. The molecule has 31 heavy (non-hydrogen) atoms. The second-order valence-corrected chi connectivity index (χ2v) is 7.25. The maximum Gasteiger partial charge on any atom is 0.417 e. The second-order valence-electron chi connectivity index (χ2n) is 7.25. The van der Waals surface area contributed by atoms with E-state index in [0.717, 1.165) is 12.1 Å². The van der Waals surface area contributed by atoms with Gasteiger partial charge in [0.25, 0.3) is 0 Å². The summed E-state index contributed by atoms with van der Waals surface area (Å²) in [5, 5.41) is 20.4. The first kappa shape index (κ1) is 22.9. The molecule has 4 nitrogen and oxygen atoms in total. The fraction of sp³-hybridized carbons (Fsp3) is 0.381. The minimum atomic E-state index is -4.86. The van der Waals surface area contributed by atoms with Crippen molar-refractivity contribution < 1.29 is 36.2 Å². The van der Waals surface area contributed by atoms with Crippen molar-refractivity contribution in [3.63, 3.8) is 0 Å². The number of nitriles is 1. The molecule has 0 spiro atoms.